The molecule has 5 heteroatoms. The van der Waals surface area contributed by atoms with Crippen molar-refractivity contribution in [3.63, 3.8) is 0 Å². The van der Waals surface area contributed by atoms with Gasteiger partial charge in [0.1, 0.15) is 11.6 Å². The molecule has 2 aromatic carbocycles. The zero-order chi connectivity index (χ0) is 20.1. The van der Waals surface area contributed by atoms with Gasteiger partial charge in [0.2, 0.25) is 0 Å². The average Bonchev–Trinajstić information content (AvgIpc) is 2.66. The number of benzene rings is 2. The number of morpholine rings is 1. The molecule has 1 fully saturated rings. The molecule has 28 heavy (non-hydrogen) atoms. The van der Waals surface area contributed by atoms with Gasteiger partial charge in [0.25, 0.3) is 5.91 Å². The van der Waals surface area contributed by atoms with Crippen molar-refractivity contribution in [2.75, 3.05) is 36.5 Å². The number of carbonyl (C=O) groups is 1. The third kappa shape index (κ3) is 4.79. The normalized spacial score (nSPS) is 14.5. The lowest BCUT2D eigenvalue weighted by atomic mass is 10.0. The third-order valence-electron chi connectivity index (χ3n) is 4.77. The van der Waals surface area contributed by atoms with Crippen LogP contribution in [0.3, 0.4) is 0 Å². The Labute approximate surface area is 166 Å². The molecule has 1 aliphatic rings. The lowest BCUT2D eigenvalue weighted by Gasteiger charge is -2.29. The summed E-state index contributed by atoms with van der Waals surface area (Å²) in [5.41, 5.74) is 5.93. The first-order valence-corrected chi connectivity index (χ1v) is 9.41. The highest BCUT2D eigenvalue weighted by Crippen LogP contribution is 2.22. The second-order valence-corrected chi connectivity index (χ2v) is 7.14. The number of anilines is 2. The van der Waals surface area contributed by atoms with Gasteiger partial charge in [-0.15, -0.1) is 0 Å². The number of hydrogen-bond acceptors (Lipinski definition) is 4. The number of carbonyl (C=O) groups excluding carboxylic acids is 1. The van der Waals surface area contributed by atoms with Crippen LogP contribution < -0.4 is 10.2 Å². The van der Waals surface area contributed by atoms with Crippen LogP contribution in [-0.2, 0) is 9.53 Å². The van der Waals surface area contributed by atoms with Gasteiger partial charge in [-0.2, -0.15) is 5.26 Å². The van der Waals surface area contributed by atoms with Gasteiger partial charge in [-0.1, -0.05) is 12.1 Å². The van der Waals surface area contributed by atoms with Gasteiger partial charge >= 0.3 is 0 Å². The number of nitrogens with zero attached hydrogens (tertiary/aromatic N) is 2. The van der Waals surface area contributed by atoms with Gasteiger partial charge in [-0.05, 0) is 73.4 Å². The molecule has 0 spiro atoms. The standard InChI is InChI=1S/C23H25N3O2/c1-16-10-17(2)12-21(11-16)25-23(27)20(15-24)14-19-4-5-22(13-18(19)3)26-6-8-28-9-7-26/h4-5,10-14H,6-9H2,1-3H3,(H,25,27)/b20-14-. The number of aryl methyl sites for hydroxylation is 3. The minimum atomic E-state index is -0.399. The van der Waals surface area contributed by atoms with Gasteiger partial charge in [-0.25, -0.2) is 0 Å². The van der Waals surface area contributed by atoms with Crippen LogP contribution >= 0.6 is 0 Å². The Balaban J connectivity index is 1.79. The predicted molar refractivity (Wildman–Crippen MR) is 112 cm³/mol. The van der Waals surface area contributed by atoms with Crippen LogP contribution in [0.5, 0.6) is 0 Å². The molecule has 144 valence electrons. The summed E-state index contributed by atoms with van der Waals surface area (Å²) in [6, 6.07) is 13.9. The van der Waals surface area contributed by atoms with Crippen molar-refractivity contribution in [3.05, 3.63) is 64.2 Å². The molecule has 3 rings (SSSR count). The van der Waals surface area contributed by atoms with Crippen LogP contribution in [0.2, 0.25) is 0 Å². The number of hydrogen-bond donors (Lipinski definition) is 1. The van der Waals surface area contributed by atoms with Crippen LogP contribution in [0, 0.1) is 32.1 Å². The molecule has 1 N–H and O–H groups in total. The van der Waals surface area contributed by atoms with Gasteiger partial charge in [-0.3, -0.25) is 4.79 Å². The van der Waals surface area contributed by atoms with Crippen molar-refractivity contribution in [1.29, 1.82) is 5.26 Å². The summed E-state index contributed by atoms with van der Waals surface area (Å²) in [4.78, 5) is 14.9. The first kappa shape index (κ1) is 19.7. The van der Waals surface area contributed by atoms with Crippen LogP contribution in [0.15, 0.2) is 42.0 Å². The Morgan fingerprint density at radius 1 is 1.11 bits per heavy atom. The summed E-state index contributed by atoms with van der Waals surface area (Å²) in [6.45, 7) is 9.15. The Kier molecular flexibility index (Phi) is 6.13. The van der Waals surface area contributed by atoms with Crippen molar-refractivity contribution in [2.45, 2.75) is 20.8 Å². The Bertz CT molecular complexity index is 931. The van der Waals surface area contributed by atoms with Crippen molar-refractivity contribution in [3.8, 4) is 6.07 Å². The highest BCUT2D eigenvalue weighted by atomic mass is 16.5. The molecule has 0 atom stereocenters. The number of rotatable bonds is 4. The summed E-state index contributed by atoms with van der Waals surface area (Å²) in [5, 5.41) is 12.3. The van der Waals surface area contributed by atoms with Crippen LogP contribution in [0.4, 0.5) is 11.4 Å². The molecule has 1 aliphatic heterocycles. The van der Waals surface area contributed by atoms with E-state index in [2.05, 4.69) is 16.3 Å². The molecule has 1 saturated heterocycles. The lowest BCUT2D eigenvalue weighted by molar-refractivity contribution is -0.112. The SMILES string of the molecule is Cc1cc(C)cc(NC(=O)/C(C#N)=C\c2ccc(N3CCOCC3)cc2C)c1. The molecule has 0 aromatic heterocycles. The smallest absolute Gasteiger partial charge is 0.266 e. The van der Waals surface area contributed by atoms with E-state index in [9.17, 15) is 10.1 Å². The molecule has 2 aromatic rings. The first-order chi connectivity index (χ1) is 13.5. The van der Waals surface area contributed by atoms with E-state index in [-0.39, 0.29) is 5.57 Å². The van der Waals surface area contributed by atoms with Crippen LogP contribution in [0.25, 0.3) is 6.08 Å². The minimum Gasteiger partial charge on any atom is -0.378 e. The van der Waals surface area contributed by atoms with Crippen molar-refractivity contribution in [1.82, 2.24) is 0 Å². The number of nitriles is 1. The zero-order valence-electron chi connectivity index (χ0n) is 16.6. The summed E-state index contributed by atoms with van der Waals surface area (Å²) in [6.07, 6.45) is 1.65. The van der Waals surface area contributed by atoms with E-state index in [0.29, 0.717) is 5.69 Å². The molecular weight excluding hydrogens is 350 g/mol. The summed E-state index contributed by atoms with van der Waals surface area (Å²) >= 11 is 0. The quantitative estimate of drug-likeness (QED) is 0.648. The Hall–Kier alpha value is -3.10. The fourth-order valence-corrected chi connectivity index (χ4v) is 3.39. The maximum Gasteiger partial charge on any atom is 0.266 e. The average molecular weight is 375 g/mol. The van der Waals surface area contributed by atoms with Crippen LogP contribution in [0.1, 0.15) is 22.3 Å². The number of nitrogens with one attached hydrogen (secondary N) is 1. The minimum absolute atomic E-state index is 0.0846. The largest absolute Gasteiger partial charge is 0.378 e. The molecule has 0 saturated carbocycles. The van der Waals surface area contributed by atoms with Crippen molar-refractivity contribution >= 4 is 23.4 Å². The van der Waals surface area contributed by atoms with E-state index < -0.39 is 5.91 Å². The second kappa shape index (κ2) is 8.73. The van der Waals surface area contributed by atoms with E-state index in [1.807, 2.05) is 57.2 Å². The van der Waals surface area contributed by atoms with E-state index in [0.717, 1.165) is 54.2 Å². The van der Waals surface area contributed by atoms with E-state index in [4.69, 9.17) is 4.74 Å². The molecule has 5 nitrogen and oxygen atoms in total. The monoisotopic (exact) mass is 375 g/mol. The molecule has 0 aliphatic carbocycles. The lowest BCUT2D eigenvalue weighted by Crippen LogP contribution is -2.36. The highest BCUT2D eigenvalue weighted by molar-refractivity contribution is 6.09. The fourth-order valence-electron chi connectivity index (χ4n) is 3.39. The maximum absolute atomic E-state index is 12.6. The molecule has 1 heterocycles. The first-order valence-electron chi connectivity index (χ1n) is 9.41. The maximum atomic E-state index is 12.6. The fraction of sp³-hybridized carbons (Fsp3) is 0.304. The topological polar surface area (TPSA) is 65.4 Å². The van der Waals surface area contributed by atoms with Gasteiger partial charge in [0.15, 0.2) is 0 Å². The molecule has 1 amide bonds. The van der Waals surface area contributed by atoms with E-state index >= 15 is 0 Å². The summed E-state index contributed by atoms with van der Waals surface area (Å²) < 4.78 is 5.40. The van der Waals surface area contributed by atoms with E-state index in [1.165, 1.54) is 0 Å². The van der Waals surface area contributed by atoms with Crippen molar-refractivity contribution in [2.24, 2.45) is 0 Å². The van der Waals surface area contributed by atoms with Crippen LogP contribution in [-0.4, -0.2) is 32.2 Å². The molecule has 0 unspecified atom stereocenters. The Morgan fingerprint density at radius 3 is 2.39 bits per heavy atom. The third-order valence-corrected chi connectivity index (χ3v) is 4.77. The van der Waals surface area contributed by atoms with Crippen molar-refractivity contribution < 1.29 is 9.53 Å². The van der Waals surface area contributed by atoms with E-state index in [1.54, 1.807) is 6.08 Å². The Morgan fingerprint density at radius 2 is 1.79 bits per heavy atom. The summed E-state index contributed by atoms with van der Waals surface area (Å²) in [7, 11) is 0. The van der Waals surface area contributed by atoms with Gasteiger partial charge in [0, 0.05) is 24.5 Å². The highest BCUT2D eigenvalue weighted by Gasteiger charge is 2.14. The molecular formula is C23H25N3O2. The molecule has 0 bridgehead atoms. The number of ether oxygens (including phenoxy) is 1. The number of amides is 1. The summed E-state index contributed by atoms with van der Waals surface area (Å²) in [5.74, 6) is -0.399. The second-order valence-electron chi connectivity index (χ2n) is 7.14. The predicted octanol–water partition coefficient (Wildman–Crippen LogP) is 3.99. The zero-order valence-corrected chi connectivity index (χ0v) is 16.6. The molecule has 0 radical (unpaired) electrons. The van der Waals surface area contributed by atoms with Gasteiger partial charge < -0.3 is 15.0 Å². The van der Waals surface area contributed by atoms with Gasteiger partial charge in [0.05, 0.1) is 13.2 Å².